The lowest BCUT2D eigenvalue weighted by molar-refractivity contribution is -0.132. The van der Waals surface area contributed by atoms with Crippen LogP contribution in [0.5, 0.6) is 5.75 Å². The van der Waals surface area contributed by atoms with E-state index in [0.717, 1.165) is 30.7 Å². The third-order valence-corrected chi connectivity index (χ3v) is 4.59. The molecule has 1 atom stereocenters. The molecule has 2 rings (SSSR count). The zero-order valence-corrected chi connectivity index (χ0v) is 15.8. The van der Waals surface area contributed by atoms with Gasteiger partial charge >= 0.3 is 0 Å². The quantitative estimate of drug-likeness (QED) is 0.892. The van der Waals surface area contributed by atoms with Gasteiger partial charge < -0.3 is 15.0 Å². The van der Waals surface area contributed by atoms with E-state index in [1.807, 2.05) is 49.9 Å². The van der Waals surface area contributed by atoms with Gasteiger partial charge in [0, 0.05) is 25.0 Å². The fourth-order valence-electron chi connectivity index (χ4n) is 3.03. The van der Waals surface area contributed by atoms with Gasteiger partial charge in [0.1, 0.15) is 5.75 Å². The van der Waals surface area contributed by atoms with E-state index < -0.39 is 0 Å². The second kappa shape index (κ2) is 8.37. The Morgan fingerprint density at radius 2 is 2.08 bits per heavy atom. The van der Waals surface area contributed by atoms with Gasteiger partial charge in [-0.05, 0) is 36.5 Å². The van der Waals surface area contributed by atoms with Gasteiger partial charge in [-0.15, -0.1) is 0 Å². The van der Waals surface area contributed by atoms with Crippen LogP contribution in [0.3, 0.4) is 0 Å². The van der Waals surface area contributed by atoms with Crippen molar-refractivity contribution in [1.29, 1.82) is 0 Å². The van der Waals surface area contributed by atoms with E-state index in [4.69, 9.17) is 4.74 Å². The van der Waals surface area contributed by atoms with Crippen LogP contribution >= 0.6 is 0 Å². The van der Waals surface area contributed by atoms with Crippen LogP contribution in [0.1, 0.15) is 39.2 Å². The summed E-state index contributed by atoms with van der Waals surface area (Å²) in [5, 5.41) is 3.02. The highest BCUT2D eigenvalue weighted by Crippen LogP contribution is 2.19. The number of rotatable bonds is 5. The number of benzene rings is 1. The first-order valence-electron chi connectivity index (χ1n) is 8.98. The lowest BCUT2D eigenvalue weighted by Gasteiger charge is -2.33. The Kier molecular flexibility index (Phi) is 6.45. The van der Waals surface area contributed by atoms with Gasteiger partial charge in [-0.2, -0.15) is 0 Å². The van der Waals surface area contributed by atoms with Crippen LogP contribution in [-0.4, -0.2) is 43.5 Å². The summed E-state index contributed by atoms with van der Waals surface area (Å²) < 4.78 is 5.22. The highest BCUT2D eigenvalue weighted by Gasteiger charge is 2.26. The van der Waals surface area contributed by atoms with E-state index in [1.165, 1.54) is 0 Å². The van der Waals surface area contributed by atoms with Crippen molar-refractivity contribution in [3.8, 4) is 5.75 Å². The van der Waals surface area contributed by atoms with Crippen molar-refractivity contribution in [1.82, 2.24) is 10.2 Å². The van der Waals surface area contributed by atoms with Gasteiger partial charge in [0.05, 0.1) is 13.5 Å². The van der Waals surface area contributed by atoms with Crippen molar-refractivity contribution < 1.29 is 14.3 Å². The molecule has 0 aromatic heterocycles. The summed E-state index contributed by atoms with van der Waals surface area (Å²) in [6, 6.07) is 7.64. The Bertz CT molecular complexity index is 607. The Labute approximate surface area is 150 Å². The van der Waals surface area contributed by atoms with Crippen LogP contribution in [0.25, 0.3) is 0 Å². The summed E-state index contributed by atoms with van der Waals surface area (Å²) in [5.74, 6) is 1.30. The largest absolute Gasteiger partial charge is 0.497 e. The lowest BCUT2D eigenvalue weighted by atomic mass is 9.94. The number of nitrogens with one attached hydrogen (secondary N) is 1. The summed E-state index contributed by atoms with van der Waals surface area (Å²) in [6.45, 7) is 7.88. The normalized spacial score (nSPS) is 17.9. The van der Waals surface area contributed by atoms with E-state index in [1.54, 1.807) is 7.11 Å². The van der Waals surface area contributed by atoms with E-state index in [0.29, 0.717) is 25.4 Å². The Morgan fingerprint density at radius 3 is 2.76 bits per heavy atom. The molecule has 5 heteroatoms. The van der Waals surface area contributed by atoms with Crippen molar-refractivity contribution in [3.05, 3.63) is 29.8 Å². The van der Waals surface area contributed by atoms with Crippen LogP contribution in [0.4, 0.5) is 0 Å². The maximum Gasteiger partial charge on any atom is 0.227 e. The predicted molar refractivity (Wildman–Crippen MR) is 98.5 cm³/mol. The number of methoxy groups -OCH3 is 1. The van der Waals surface area contributed by atoms with Crippen molar-refractivity contribution >= 4 is 11.8 Å². The SMILES string of the molecule is COc1cccc(CC(=O)N2CCC[C@@H](CNC(=O)C(C)(C)C)C2)c1. The minimum absolute atomic E-state index is 0.0623. The summed E-state index contributed by atoms with van der Waals surface area (Å²) in [4.78, 5) is 26.6. The molecule has 138 valence electrons. The molecule has 0 saturated carbocycles. The van der Waals surface area contributed by atoms with Gasteiger partial charge in [0.15, 0.2) is 0 Å². The van der Waals surface area contributed by atoms with Gasteiger partial charge in [-0.1, -0.05) is 32.9 Å². The molecular weight excluding hydrogens is 316 g/mol. The van der Waals surface area contributed by atoms with Crippen molar-refractivity contribution in [2.75, 3.05) is 26.7 Å². The molecule has 1 aromatic carbocycles. The van der Waals surface area contributed by atoms with Crippen LogP contribution in [0.2, 0.25) is 0 Å². The second-order valence-electron chi connectivity index (χ2n) is 7.84. The van der Waals surface area contributed by atoms with E-state index in [2.05, 4.69) is 5.32 Å². The summed E-state index contributed by atoms with van der Waals surface area (Å²) in [7, 11) is 1.63. The molecule has 1 aliphatic rings. The molecule has 25 heavy (non-hydrogen) atoms. The third-order valence-electron chi connectivity index (χ3n) is 4.59. The lowest BCUT2D eigenvalue weighted by Crippen LogP contribution is -2.45. The number of amides is 2. The van der Waals surface area contributed by atoms with Gasteiger partial charge in [0.25, 0.3) is 0 Å². The molecule has 5 nitrogen and oxygen atoms in total. The van der Waals surface area contributed by atoms with Gasteiger partial charge in [-0.3, -0.25) is 9.59 Å². The molecule has 0 bridgehead atoms. The zero-order chi connectivity index (χ0) is 18.4. The highest BCUT2D eigenvalue weighted by atomic mass is 16.5. The Balaban J connectivity index is 1.87. The van der Waals surface area contributed by atoms with Gasteiger partial charge in [0.2, 0.25) is 11.8 Å². The molecule has 1 fully saturated rings. The Morgan fingerprint density at radius 1 is 1.32 bits per heavy atom. The number of nitrogens with zero attached hydrogens (tertiary/aromatic N) is 1. The van der Waals surface area contributed by atoms with Crippen molar-refractivity contribution in [3.63, 3.8) is 0 Å². The molecule has 0 aliphatic carbocycles. The minimum Gasteiger partial charge on any atom is -0.497 e. The number of hydrogen-bond acceptors (Lipinski definition) is 3. The van der Waals surface area contributed by atoms with Crippen molar-refractivity contribution in [2.24, 2.45) is 11.3 Å². The zero-order valence-electron chi connectivity index (χ0n) is 15.8. The maximum absolute atomic E-state index is 12.6. The molecule has 0 spiro atoms. The summed E-state index contributed by atoms with van der Waals surface area (Å²) in [6.07, 6.45) is 2.42. The van der Waals surface area contributed by atoms with Crippen LogP contribution < -0.4 is 10.1 Å². The van der Waals surface area contributed by atoms with Crippen molar-refractivity contribution in [2.45, 2.75) is 40.0 Å². The molecule has 1 heterocycles. The van der Waals surface area contributed by atoms with Crippen LogP contribution in [-0.2, 0) is 16.0 Å². The predicted octanol–water partition coefficient (Wildman–Crippen LogP) is 2.64. The molecule has 1 N–H and O–H groups in total. The van der Waals surface area contributed by atoms with E-state index in [9.17, 15) is 9.59 Å². The molecular formula is C20H30N2O3. The minimum atomic E-state index is -0.378. The number of carbonyl (C=O) groups is 2. The molecule has 2 amide bonds. The van der Waals surface area contributed by atoms with Crippen LogP contribution in [0, 0.1) is 11.3 Å². The fraction of sp³-hybridized carbons (Fsp3) is 0.600. The third kappa shape index (κ3) is 5.76. The highest BCUT2D eigenvalue weighted by molar-refractivity contribution is 5.81. The number of likely N-dealkylation sites (tertiary alicyclic amines) is 1. The Hall–Kier alpha value is -2.04. The fourth-order valence-corrected chi connectivity index (χ4v) is 3.03. The first kappa shape index (κ1) is 19.3. The number of carbonyl (C=O) groups excluding carboxylic acids is 2. The first-order chi connectivity index (χ1) is 11.8. The van der Waals surface area contributed by atoms with Gasteiger partial charge in [-0.25, -0.2) is 0 Å². The van der Waals surface area contributed by atoms with E-state index in [-0.39, 0.29) is 17.2 Å². The molecule has 0 radical (unpaired) electrons. The van der Waals surface area contributed by atoms with Crippen LogP contribution in [0.15, 0.2) is 24.3 Å². The smallest absolute Gasteiger partial charge is 0.227 e. The number of piperidine rings is 1. The standard InChI is InChI=1S/C20H30N2O3/c1-20(2,3)19(24)21-13-16-8-6-10-22(14-16)18(23)12-15-7-5-9-17(11-15)25-4/h5,7,9,11,16H,6,8,10,12-14H2,1-4H3,(H,21,24)/t16-/m0/s1. The summed E-state index contributed by atoms with van der Waals surface area (Å²) >= 11 is 0. The topological polar surface area (TPSA) is 58.6 Å². The molecule has 1 aliphatic heterocycles. The average molecular weight is 346 g/mol. The number of hydrogen-bond donors (Lipinski definition) is 1. The average Bonchev–Trinajstić information content (AvgIpc) is 2.59. The monoisotopic (exact) mass is 346 g/mol. The maximum atomic E-state index is 12.6. The second-order valence-corrected chi connectivity index (χ2v) is 7.84. The summed E-state index contributed by atoms with van der Waals surface area (Å²) in [5.41, 5.74) is 0.587. The molecule has 1 saturated heterocycles. The molecule has 1 aromatic rings. The van der Waals surface area contributed by atoms with E-state index >= 15 is 0 Å². The molecule has 0 unspecified atom stereocenters. The first-order valence-corrected chi connectivity index (χ1v) is 8.98. The number of ether oxygens (including phenoxy) is 1.